The van der Waals surface area contributed by atoms with E-state index in [2.05, 4.69) is 27.8 Å². The van der Waals surface area contributed by atoms with Gasteiger partial charge in [0.25, 0.3) is 0 Å². The van der Waals surface area contributed by atoms with Crippen LogP contribution in [0.4, 0.5) is 0 Å². The van der Waals surface area contributed by atoms with E-state index in [9.17, 15) is 14.7 Å². The highest BCUT2D eigenvalue weighted by atomic mass is 79.9. The zero-order valence-electron chi connectivity index (χ0n) is 12.1. The molecule has 0 aromatic carbocycles. The fraction of sp³-hybridized carbons (Fsp3) is 0.750. The van der Waals surface area contributed by atoms with Gasteiger partial charge in [-0.05, 0) is 60.8 Å². The van der Waals surface area contributed by atoms with Crippen molar-refractivity contribution >= 4 is 27.8 Å². The van der Waals surface area contributed by atoms with E-state index in [0.29, 0.717) is 22.2 Å². The monoisotopic (exact) mass is 355 g/mol. The Kier molecular flexibility index (Phi) is 3.89. The van der Waals surface area contributed by atoms with Crippen LogP contribution in [0.3, 0.4) is 0 Å². The highest BCUT2D eigenvalue weighted by Gasteiger charge is 2.54. The van der Waals surface area contributed by atoms with Crippen LogP contribution in [0.5, 0.6) is 0 Å². The number of rotatable bonds is 5. The van der Waals surface area contributed by atoms with E-state index in [-0.39, 0.29) is 17.7 Å². The number of carbonyl (C=O) groups excluding carboxylic acids is 1. The summed E-state index contributed by atoms with van der Waals surface area (Å²) in [6, 6.07) is -0.877. The van der Waals surface area contributed by atoms with Gasteiger partial charge in [-0.1, -0.05) is 22.5 Å². The number of carboxylic acids is 1. The first-order valence-electron chi connectivity index (χ1n) is 7.75. The standard InChI is InChI=1S/C16H22BrNO3/c1-9(17)2-13(14(19)20)18-15(21)16-6-10-3-11(7-16)5-12(4-10)8-16/h10-13H,1-8H2,(H,18,21)(H,19,20)/t10?,11?,12?,13-,16?/m1/s1. The molecule has 0 saturated heterocycles. The van der Waals surface area contributed by atoms with Crippen molar-refractivity contribution in [2.45, 2.75) is 51.0 Å². The van der Waals surface area contributed by atoms with Crippen molar-refractivity contribution in [2.24, 2.45) is 23.2 Å². The van der Waals surface area contributed by atoms with Crippen LogP contribution in [-0.2, 0) is 9.59 Å². The molecule has 4 rings (SSSR count). The molecule has 0 aromatic heterocycles. The summed E-state index contributed by atoms with van der Waals surface area (Å²) in [4.78, 5) is 24.1. The molecule has 1 atom stereocenters. The fourth-order valence-electron chi connectivity index (χ4n) is 5.12. The third-order valence-corrected chi connectivity index (χ3v) is 5.87. The normalized spacial score (nSPS) is 38.0. The zero-order chi connectivity index (χ0) is 15.2. The Morgan fingerprint density at radius 1 is 1.19 bits per heavy atom. The SMILES string of the molecule is C=C(Br)C[C@@H](NC(=O)C12CC3CC(CC(C3)C1)C2)C(=O)O. The minimum absolute atomic E-state index is 0.0391. The first-order chi connectivity index (χ1) is 9.88. The van der Waals surface area contributed by atoms with Crippen LogP contribution in [0.15, 0.2) is 11.1 Å². The molecule has 4 saturated carbocycles. The molecular weight excluding hydrogens is 334 g/mol. The van der Waals surface area contributed by atoms with Gasteiger partial charge in [-0.3, -0.25) is 4.79 Å². The quantitative estimate of drug-likeness (QED) is 0.796. The summed E-state index contributed by atoms with van der Waals surface area (Å²) in [6.45, 7) is 3.68. The predicted molar refractivity (Wildman–Crippen MR) is 82.9 cm³/mol. The number of amides is 1. The van der Waals surface area contributed by atoms with Gasteiger partial charge in [-0.25, -0.2) is 4.79 Å². The van der Waals surface area contributed by atoms with Gasteiger partial charge in [0.2, 0.25) is 5.91 Å². The maximum Gasteiger partial charge on any atom is 0.326 e. The van der Waals surface area contributed by atoms with E-state index in [0.717, 1.165) is 19.3 Å². The van der Waals surface area contributed by atoms with Gasteiger partial charge in [0, 0.05) is 11.8 Å². The number of halogens is 1. The number of aliphatic carboxylic acids is 1. The van der Waals surface area contributed by atoms with E-state index in [1.807, 2.05) is 0 Å². The second kappa shape index (κ2) is 5.41. The highest BCUT2D eigenvalue weighted by Crippen LogP contribution is 2.60. The van der Waals surface area contributed by atoms with E-state index < -0.39 is 12.0 Å². The van der Waals surface area contributed by atoms with E-state index in [1.54, 1.807) is 0 Å². The molecule has 0 aliphatic heterocycles. The van der Waals surface area contributed by atoms with Crippen molar-refractivity contribution in [1.29, 1.82) is 0 Å². The smallest absolute Gasteiger partial charge is 0.326 e. The van der Waals surface area contributed by atoms with Crippen LogP contribution in [0, 0.1) is 23.2 Å². The predicted octanol–water partition coefficient (Wildman–Crippen LogP) is 3.07. The van der Waals surface area contributed by atoms with Crippen LogP contribution in [0.1, 0.15) is 44.9 Å². The maximum absolute atomic E-state index is 12.8. The van der Waals surface area contributed by atoms with Crippen molar-refractivity contribution in [1.82, 2.24) is 5.32 Å². The van der Waals surface area contributed by atoms with E-state index in [1.165, 1.54) is 19.3 Å². The molecule has 4 fully saturated rings. The van der Waals surface area contributed by atoms with Crippen molar-refractivity contribution in [2.75, 3.05) is 0 Å². The minimum Gasteiger partial charge on any atom is -0.480 e. The van der Waals surface area contributed by atoms with Gasteiger partial charge in [-0.15, -0.1) is 0 Å². The van der Waals surface area contributed by atoms with Crippen molar-refractivity contribution < 1.29 is 14.7 Å². The topological polar surface area (TPSA) is 66.4 Å². The van der Waals surface area contributed by atoms with Crippen LogP contribution < -0.4 is 5.32 Å². The Balaban J connectivity index is 1.72. The molecule has 4 aliphatic rings. The molecule has 1 amide bonds. The Bertz CT molecular complexity index is 453. The third kappa shape index (κ3) is 2.89. The molecule has 0 unspecified atom stereocenters. The van der Waals surface area contributed by atoms with Gasteiger partial charge >= 0.3 is 5.97 Å². The van der Waals surface area contributed by atoms with Gasteiger partial charge in [0.1, 0.15) is 6.04 Å². The Morgan fingerprint density at radius 3 is 2.05 bits per heavy atom. The van der Waals surface area contributed by atoms with Crippen molar-refractivity contribution in [3.63, 3.8) is 0 Å². The van der Waals surface area contributed by atoms with Crippen LogP contribution >= 0.6 is 15.9 Å². The van der Waals surface area contributed by atoms with Crippen molar-refractivity contribution in [3.05, 3.63) is 11.1 Å². The molecule has 0 heterocycles. The van der Waals surface area contributed by atoms with Crippen LogP contribution in [-0.4, -0.2) is 23.0 Å². The molecule has 4 nitrogen and oxygen atoms in total. The second-order valence-electron chi connectivity index (χ2n) is 7.28. The maximum atomic E-state index is 12.8. The third-order valence-electron chi connectivity index (χ3n) is 5.55. The Hall–Kier alpha value is -0.840. The lowest BCUT2D eigenvalue weighted by molar-refractivity contribution is -0.151. The molecule has 116 valence electrons. The molecule has 0 spiro atoms. The molecule has 0 aromatic rings. The number of carbonyl (C=O) groups is 2. The number of carboxylic acid groups (broad SMARTS) is 1. The fourth-order valence-corrected chi connectivity index (χ4v) is 5.45. The average molecular weight is 356 g/mol. The van der Waals surface area contributed by atoms with Crippen LogP contribution in [0.2, 0.25) is 0 Å². The average Bonchev–Trinajstić information content (AvgIpc) is 2.35. The lowest BCUT2D eigenvalue weighted by atomic mass is 9.49. The molecular formula is C16H22BrNO3. The summed E-state index contributed by atoms with van der Waals surface area (Å²) in [5.74, 6) is 1.00. The highest BCUT2D eigenvalue weighted by molar-refractivity contribution is 9.11. The minimum atomic E-state index is -0.992. The van der Waals surface area contributed by atoms with Crippen LogP contribution in [0.25, 0.3) is 0 Å². The molecule has 4 aliphatic carbocycles. The first kappa shape index (κ1) is 15.1. The zero-order valence-corrected chi connectivity index (χ0v) is 13.7. The molecule has 5 heteroatoms. The lowest BCUT2D eigenvalue weighted by Gasteiger charge is -2.55. The summed E-state index contributed by atoms with van der Waals surface area (Å²) in [5.41, 5.74) is -0.296. The molecule has 2 N–H and O–H groups in total. The lowest BCUT2D eigenvalue weighted by Crippen LogP contribution is -2.56. The second-order valence-corrected chi connectivity index (χ2v) is 8.41. The summed E-state index contributed by atoms with van der Waals surface area (Å²) in [6.07, 6.45) is 6.89. The molecule has 0 radical (unpaired) electrons. The Morgan fingerprint density at radius 2 is 1.67 bits per heavy atom. The van der Waals surface area contributed by atoms with Crippen molar-refractivity contribution in [3.8, 4) is 0 Å². The summed E-state index contributed by atoms with van der Waals surface area (Å²) >= 11 is 3.19. The van der Waals surface area contributed by atoms with E-state index >= 15 is 0 Å². The first-order valence-corrected chi connectivity index (χ1v) is 8.54. The molecule has 4 bridgehead atoms. The van der Waals surface area contributed by atoms with Gasteiger partial charge in [0.15, 0.2) is 0 Å². The summed E-state index contributed by atoms with van der Waals surface area (Å²) < 4.78 is 0.598. The summed E-state index contributed by atoms with van der Waals surface area (Å²) in [7, 11) is 0. The van der Waals surface area contributed by atoms with Gasteiger partial charge in [0.05, 0.1) is 0 Å². The Labute approximate surface area is 133 Å². The number of nitrogens with one attached hydrogen (secondary N) is 1. The van der Waals surface area contributed by atoms with E-state index in [4.69, 9.17) is 0 Å². The van der Waals surface area contributed by atoms with Gasteiger partial charge < -0.3 is 10.4 Å². The van der Waals surface area contributed by atoms with Gasteiger partial charge in [-0.2, -0.15) is 0 Å². The largest absolute Gasteiger partial charge is 0.480 e. The number of hydrogen-bond acceptors (Lipinski definition) is 2. The number of hydrogen-bond donors (Lipinski definition) is 2. The summed E-state index contributed by atoms with van der Waals surface area (Å²) in [5, 5.41) is 12.1. The molecule has 21 heavy (non-hydrogen) atoms.